The summed E-state index contributed by atoms with van der Waals surface area (Å²) in [5.74, 6) is 1.26. The molecule has 5 heteroatoms. The molecule has 0 saturated carbocycles. The van der Waals surface area contributed by atoms with Gasteiger partial charge < -0.3 is 4.90 Å². The number of halogens is 2. The molecular weight excluding hydrogens is 310 g/mol. The van der Waals surface area contributed by atoms with Crippen LogP contribution in [0.2, 0.25) is 0 Å². The van der Waals surface area contributed by atoms with E-state index in [4.69, 9.17) is 11.6 Å². The fourth-order valence-corrected chi connectivity index (χ4v) is 3.57. The van der Waals surface area contributed by atoms with Crippen LogP contribution in [-0.2, 0) is 0 Å². The summed E-state index contributed by atoms with van der Waals surface area (Å²) in [5, 5.41) is 0. The molecule has 2 rings (SSSR count). The lowest BCUT2D eigenvalue weighted by Gasteiger charge is -2.31. The van der Waals surface area contributed by atoms with Crippen LogP contribution in [0.5, 0.6) is 0 Å². The standard InChI is InChI=1S/C11H13BrClNOS/c12-10-4-3-9(16-10)11(15)14-5-1-2-8(6-13)7-14/h3-4,8H,1-2,5-7H2. The second-order valence-corrected chi connectivity index (χ2v) is 6.79. The SMILES string of the molecule is O=C(c1ccc(Br)s1)N1CCCC(CCl)C1. The largest absolute Gasteiger partial charge is 0.338 e. The summed E-state index contributed by atoms with van der Waals surface area (Å²) >= 11 is 10.7. The van der Waals surface area contributed by atoms with Crippen LogP contribution >= 0.6 is 38.9 Å². The Morgan fingerprint density at radius 1 is 1.62 bits per heavy atom. The molecule has 1 aliphatic rings. The molecule has 0 aromatic carbocycles. The highest BCUT2D eigenvalue weighted by atomic mass is 79.9. The molecule has 0 aliphatic carbocycles. The molecule has 1 amide bonds. The first-order chi connectivity index (χ1) is 7.70. The Morgan fingerprint density at radius 3 is 3.06 bits per heavy atom. The normalized spacial score (nSPS) is 21.1. The first kappa shape index (κ1) is 12.4. The highest BCUT2D eigenvalue weighted by molar-refractivity contribution is 9.11. The number of alkyl halides is 1. The smallest absolute Gasteiger partial charge is 0.263 e. The van der Waals surface area contributed by atoms with E-state index in [0.717, 1.165) is 34.6 Å². The molecule has 88 valence electrons. The number of carbonyl (C=O) groups is 1. The van der Waals surface area contributed by atoms with Crippen LogP contribution in [0.25, 0.3) is 0 Å². The van der Waals surface area contributed by atoms with Gasteiger partial charge in [-0.15, -0.1) is 22.9 Å². The van der Waals surface area contributed by atoms with Crippen molar-refractivity contribution in [3.63, 3.8) is 0 Å². The number of hydrogen-bond acceptors (Lipinski definition) is 2. The molecule has 1 fully saturated rings. The average molecular weight is 323 g/mol. The fraction of sp³-hybridized carbons (Fsp3) is 0.545. The Balaban J connectivity index is 2.04. The summed E-state index contributed by atoms with van der Waals surface area (Å²) in [4.78, 5) is 14.9. The first-order valence-corrected chi connectivity index (χ1v) is 7.45. The Kier molecular flexibility index (Phi) is 4.27. The van der Waals surface area contributed by atoms with Crippen molar-refractivity contribution < 1.29 is 4.79 Å². The highest BCUT2D eigenvalue weighted by Gasteiger charge is 2.24. The maximum atomic E-state index is 12.1. The third-order valence-electron chi connectivity index (χ3n) is 2.81. The zero-order valence-electron chi connectivity index (χ0n) is 8.79. The number of hydrogen-bond donors (Lipinski definition) is 0. The maximum absolute atomic E-state index is 12.1. The molecule has 1 unspecified atom stereocenters. The fourth-order valence-electron chi connectivity index (χ4n) is 1.96. The van der Waals surface area contributed by atoms with Gasteiger partial charge in [0.25, 0.3) is 5.91 Å². The predicted molar refractivity (Wildman–Crippen MR) is 71.4 cm³/mol. The predicted octanol–water partition coefficient (Wildman–Crippen LogP) is 3.60. The van der Waals surface area contributed by atoms with E-state index in [1.807, 2.05) is 17.0 Å². The van der Waals surface area contributed by atoms with Gasteiger partial charge in [0, 0.05) is 19.0 Å². The van der Waals surface area contributed by atoms with E-state index >= 15 is 0 Å². The lowest BCUT2D eigenvalue weighted by Crippen LogP contribution is -2.40. The molecule has 16 heavy (non-hydrogen) atoms. The van der Waals surface area contributed by atoms with Crippen molar-refractivity contribution in [1.82, 2.24) is 4.90 Å². The number of piperidine rings is 1. The van der Waals surface area contributed by atoms with E-state index < -0.39 is 0 Å². The van der Waals surface area contributed by atoms with Crippen LogP contribution in [0.3, 0.4) is 0 Å². The van der Waals surface area contributed by atoms with Crippen molar-refractivity contribution >= 4 is 44.8 Å². The van der Waals surface area contributed by atoms with Crippen LogP contribution in [0, 0.1) is 5.92 Å². The van der Waals surface area contributed by atoms with Crippen molar-refractivity contribution in [2.24, 2.45) is 5.92 Å². The van der Waals surface area contributed by atoms with Crippen LogP contribution in [0.1, 0.15) is 22.5 Å². The number of nitrogens with zero attached hydrogens (tertiary/aromatic N) is 1. The number of likely N-dealkylation sites (tertiary alicyclic amines) is 1. The number of thiophene rings is 1. The van der Waals surface area contributed by atoms with Gasteiger partial charge in [-0.1, -0.05) is 0 Å². The van der Waals surface area contributed by atoms with E-state index in [-0.39, 0.29) is 5.91 Å². The van der Waals surface area contributed by atoms with E-state index in [0.29, 0.717) is 11.8 Å². The average Bonchev–Trinajstić information content (AvgIpc) is 2.75. The quantitative estimate of drug-likeness (QED) is 0.762. The number of rotatable bonds is 2. The Bertz CT molecular complexity index is 382. The lowest BCUT2D eigenvalue weighted by atomic mass is 10.00. The van der Waals surface area contributed by atoms with Crippen molar-refractivity contribution in [3.8, 4) is 0 Å². The zero-order chi connectivity index (χ0) is 11.5. The Hall–Kier alpha value is -0.0600. The minimum Gasteiger partial charge on any atom is -0.338 e. The molecule has 0 N–H and O–H groups in total. The summed E-state index contributed by atoms with van der Waals surface area (Å²) in [6.07, 6.45) is 2.21. The molecule has 1 saturated heterocycles. The monoisotopic (exact) mass is 321 g/mol. The van der Waals surface area contributed by atoms with E-state index in [1.54, 1.807) is 0 Å². The minimum atomic E-state index is 0.144. The third kappa shape index (κ3) is 2.79. The molecular formula is C11H13BrClNOS. The minimum absolute atomic E-state index is 0.144. The van der Waals surface area contributed by atoms with Crippen LogP contribution in [-0.4, -0.2) is 29.8 Å². The van der Waals surface area contributed by atoms with E-state index in [1.165, 1.54) is 11.3 Å². The van der Waals surface area contributed by atoms with Crippen molar-refractivity contribution in [2.75, 3.05) is 19.0 Å². The van der Waals surface area contributed by atoms with Gasteiger partial charge in [0.15, 0.2) is 0 Å². The van der Waals surface area contributed by atoms with Crippen molar-refractivity contribution in [3.05, 3.63) is 20.8 Å². The van der Waals surface area contributed by atoms with Crippen LogP contribution < -0.4 is 0 Å². The lowest BCUT2D eigenvalue weighted by molar-refractivity contribution is 0.0690. The van der Waals surface area contributed by atoms with Gasteiger partial charge in [-0.2, -0.15) is 0 Å². The van der Waals surface area contributed by atoms with Gasteiger partial charge in [0.1, 0.15) is 0 Å². The Labute approximate surface area is 113 Å². The maximum Gasteiger partial charge on any atom is 0.263 e. The molecule has 1 aromatic heterocycles. The summed E-state index contributed by atoms with van der Waals surface area (Å²) < 4.78 is 1.00. The van der Waals surface area contributed by atoms with Gasteiger partial charge in [0.05, 0.1) is 8.66 Å². The first-order valence-electron chi connectivity index (χ1n) is 5.31. The van der Waals surface area contributed by atoms with Crippen LogP contribution in [0.4, 0.5) is 0 Å². The van der Waals surface area contributed by atoms with Gasteiger partial charge in [-0.3, -0.25) is 4.79 Å². The van der Waals surface area contributed by atoms with Crippen molar-refractivity contribution in [1.29, 1.82) is 0 Å². The molecule has 1 atom stereocenters. The Morgan fingerprint density at radius 2 is 2.44 bits per heavy atom. The highest BCUT2D eigenvalue weighted by Crippen LogP contribution is 2.25. The third-order valence-corrected chi connectivity index (χ3v) is 4.86. The molecule has 0 bridgehead atoms. The van der Waals surface area contributed by atoms with Gasteiger partial charge in [-0.25, -0.2) is 0 Å². The summed E-state index contributed by atoms with van der Waals surface area (Å²) in [7, 11) is 0. The molecule has 1 aliphatic heterocycles. The number of carbonyl (C=O) groups excluding carboxylic acids is 1. The zero-order valence-corrected chi connectivity index (χ0v) is 11.9. The topological polar surface area (TPSA) is 20.3 Å². The summed E-state index contributed by atoms with van der Waals surface area (Å²) in [6, 6.07) is 3.79. The molecule has 0 radical (unpaired) electrons. The van der Waals surface area contributed by atoms with Gasteiger partial charge in [-0.05, 0) is 46.8 Å². The number of amides is 1. The molecule has 2 nitrogen and oxygen atoms in total. The molecule has 0 spiro atoms. The van der Waals surface area contributed by atoms with E-state index in [9.17, 15) is 4.79 Å². The van der Waals surface area contributed by atoms with Gasteiger partial charge >= 0.3 is 0 Å². The molecule has 2 heterocycles. The molecule has 1 aromatic rings. The van der Waals surface area contributed by atoms with Crippen molar-refractivity contribution in [2.45, 2.75) is 12.8 Å². The van der Waals surface area contributed by atoms with Gasteiger partial charge in [0.2, 0.25) is 0 Å². The van der Waals surface area contributed by atoms with Crippen LogP contribution in [0.15, 0.2) is 15.9 Å². The van der Waals surface area contributed by atoms with E-state index in [2.05, 4.69) is 15.9 Å². The summed E-state index contributed by atoms with van der Waals surface area (Å²) in [5.41, 5.74) is 0. The second-order valence-electron chi connectivity index (χ2n) is 4.02. The summed E-state index contributed by atoms with van der Waals surface area (Å²) in [6.45, 7) is 1.67. The second kappa shape index (κ2) is 5.52.